The third kappa shape index (κ3) is 4.00. The van der Waals surface area contributed by atoms with Crippen molar-refractivity contribution in [2.75, 3.05) is 0 Å². The van der Waals surface area contributed by atoms with Crippen LogP contribution in [0.1, 0.15) is 79.2 Å². The molecule has 0 fully saturated rings. The van der Waals surface area contributed by atoms with Crippen LogP contribution in [0.25, 0.3) is 17.4 Å². The highest BCUT2D eigenvalue weighted by atomic mass is 16.2. The summed E-state index contributed by atoms with van der Waals surface area (Å²) in [5, 5.41) is 12.1. The normalized spacial score (nSPS) is 20.5. The van der Waals surface area contributed by atoms with Gasteiger partial charge in [-0.15, -0.1) is 0 Å². The first-order valence-electron chi connectivity index (χ1n) is 14.6. The molecule has 202 valence electrons. The van der Waals surface area contributed by atoms with Crippen molar-refractivity contribution in [3.05, 3.63) is 109 Å². The average molecular weight is 528 g/mol. The maximum absolute atomic E-state index is 10.1. The monoisotopic (exact) mass is 527 g/mol. The number of aliphatic imine (C=N–C) groups is 3. The van der Waals surface area contributed by atoms with Crippen molar-refractivity contribution in [1.82, 2.24) is 0 Å². The summed E-state index contributed by atoms with van der Waals surface area (Å²) in [5.74, 6) is 0. The Balaban J connectivity index is 1.70. The highest BCUT2D eigenvalue weighted by Crippen LogP contribution is 2.38. The first kappa shape index (κ1) is 26.2. The molecule has 6 rings (SSSR count). The predicted octanol–water partition coefficient (Wildman–Crippen LogP) is 7.52. The first-order chi connectivity index (χ1) is 19.4. The number of hydrogen-bond donors (Lipinski definition) is 1. The van der Waals surface area contributed by atoms with Gasteiger partial charge in [-0.1, -0.05) is 45.9 Å². The van der Waals surface area contributed by atoms with Crippen molar-refractivity contribution in [1.29, 1.82) is 0 Å². The molecule has 0 aromatic heterocycles. The molecule has 1 aromatic carbocycles. The van der Waals surface area contributed by atoms with Gasteiger partial charge in [0.15, 0.2) is 0 Å². The molecule has 0 saturated heterocycles. The van der Waals surface area contributed by atoms with Crippen LogP contribution in [-0.2, 0) is 0 Å². The van der Waals surface area contributed by atoms with Crippen LogP contribution in [0.4, 0.5) is 0 Å². The van der Waals surface area contributed by atoms with Gasteiger partial charge in [0.1, 0.15) is 0 Å². The van der Waals surface area contributed by atoms with Gasteiger partial charge in [-0.2, -0.15) is 0 Å². The molecule has 0 unspecified atom stereocenters. The summed E-state index contributed by atoms with van der Waals surface area (Å²) in [5.41, 5.74) is 17.2. The standard InChI is InChI=1S/C36H37N3O/c1-7-25-20(5)30-15-23-14-24(36-22(19-40)12-11-13-29(23)36)16-31-21(6)26(8-2)33(38-31)18-35-28(10-4)27(9-3)34(39-35)17-32(25)37-30/h11-13,15-19,40H,7-10,14H2,1-6H3/b22-19+,23-15?,31-16?,32-17?,35-18?. The summed E-state index contributed by atoms with van der Waals surface area (Å²) < 4.78 is 0. The summed E-state index contributed by atoms with van der Waals surface area (Å²) in [6.45, 7) is 13.2. The lowest BCUT2D eigenvalue weighted by Crippen LogP contribution is -2.27. The smallest absolute Gasteiger partial charge is 0.0870 e. The Kier molecular flexibility index (Phi) is 6.66. The van der Waals surface area contributed by atoms with Crippen LogP contribution in [-0.4, -0.2) is 22.2 Å². The maximum Gasteiger partial charge on any atom is 0.0870 e. The molecule has 4 heterocycles. The zero-order chi connectivity index (χ0) is 28.1. The second kappa shape index (κ2) is 10.2. The van der Waals surface area contributed by atoms with Gasteiger partial charge in [0.2, 0.25) is 0 Å². The van der Waals surface area contributed by atoms with E-state index in [9.17, 15) is 5.11 Å². The van der Waals surface area contributed by atoms with Crippen LogP contribution in [0.15, 0.2) is 108 Å². The summed E-state index contributed by atoms with van der Waals surface area (Å²) in [7, 11) is 0. The van der Waals surface area contributed by atoms with Crippen molar-refractivity contribution < 1.29 is 5.11 Å². The Bertz CT molecular complexity index is 1810. The van der Waals surface area contributed by atoms with Crippen LogP contribution in [0.3, 0.4) is 0 Å². The van der Waals surface area contributed by atoms with Gasteiger partial charge in [0, 0.05) is 5.22 Å². The Morgan fingerprint density at radius 3 is 1.98 bits per heavy atom. The maximum atomic E-state index is 10.1. The molecule has 8 bridgehead atoms. The SMILES string of the molecule is CCC1=C(C)C2=NC1=CC1=NC(=CC3=NC(=CC4=c5c(ccc/c5=C\O)C(=C2)C4)C(C)=C3CC)C(CC)=C1CC. The van der Waals surface area contributed by atoms with Crippen LogP contribution < -0.4 is 10.4 Å². The Hall–Kier alpha value is -4.05. The minimum atomic E-state index is 0.769. The van der Waals surface area contributed by atoms with Gasteiger partial charge in [0.05, 0.1) is 40.5 Å². The van der Waals surface area contributed by atoms with Crippen LogP contribution in [0, 0.1) is 0 Å². The van der Waals surface area contributed by atoms with E-state index in [1.54, 1.807) is 0 Å². The average Bonchev–Trinajstić information content (AvgIpc) is 3.65. The van der Waals surface area contributed by atoms with Crippen molar-refractivity contribution in [3.63, 3.8) is 0 Å². The topological polar surface area (TPSA) is 57.3 Å². The fourth-order valence-electron chi connectivity index (χ4n) is 6.80. The highest BCUT2D eigenvalue weighted by molar-refractivity contribution is 6.19. The summed E-state index contributed by atoms with van der Waals surface area (Å²) in [6.07, 6.45) is 14.6. The van der Waals surface area contributed by atoms with E-state index in [2.05, 4.69) is 71.9 Å². The number of benzene rings is 1. The Morgan fingerprint density at radius 2 is 1.30 bits per heavy atom. The molecular formula is C36H37N3O. The molecule has 4 aliphatic heterocycles. The van der Waals surface area contributed by atoms with Gasteiger partial charge < -0.3 is 5.11 Å². The molecule has 0 radical (unpaired) electrons. The van der Waals surface area contributed by atoms with Crippen molar-refractivity contribution in [2.24, 2.45) is 15.0 Å². The van der Waals surface area contributed by atoms with E-state index in [1.807, 2.05) is 12.1 Å². The molecule has 0 spiro atoms. The van der Waals surface area contributed by atoms with Gasteiger partial charge in [0.25, 0.3) is 0 Å². The number of allylic oxidation sites excluding steroid dienone is 11. The van der Waals surface area contributed by atoms with E-state index in [4.69, 9.17) is 15.0 Å². The molecule has 0 atom stereocenters. The van der Waals surface area contributed by atoms with Crippen molar-refractivity contribution >= 4 is 34.5 Å². The van der Waals surface area contributed by atoms with Crippen LogP contribution >= 0.6 is 0 Å². The quantitative estimate of drug-likeness (QED) is 0.433. The van der Waals surface area contributed by atoms with Gasteiger partial charge in [-0.05, 0) is 126 Å². The van der Waals surface area contributed by atoms with Crippen molar-refractivity contribution in [3.8, 4) is 0 Å². The Morgan fingerprint density at radius 1 is 0.675 bits per heavy atom. The van der Waals surface area contributed by atoms with Crippen LogP contribution in [0.5, 0.6) is 0 Å². The van der Waals surface area contributed by atoms with Crippen molar-refractivity contribution in [2.45, 2.75) is 73.6 Å². The summed E-state index contributed by atoms with van der Waals surface area (Å²) >= 11 is 0. The van der Waals surface area contributed by atoms with Crippen LogP contribution in [0.2, 0.25) is 0 Å². The van der Waals surface area contributed by atoms with Gasteiger partial charge in [-0.3, -0.25) is 0 Å². The van der Waals surface area contributed by atoms with E-state index in [0.29, 0.717) is 0 Å². The van der Waals surface area contributed by atoms with E-state index >= 15 is 0 Å². The van der Waals surface area contributed by atoms with E-state index in [0.717, 1.165) is 82.3 Å². The molecule has 4 nitrogen and oxygen atoms in total. The molecule has 1 aliphatic carbocycles. The minimum Gasteiger partial charge on any atom is -0.515 e. The fraction of sp³-hybridized carbons (Fsp3) is 0.306. The number of aliphatic hydroxyl groups excluding tert-OH is 1. The van der Waals surface area contributed by atoms with E-state index in [-0.39, 0.29) is 0 Å². The summed E-state index contributed by atoms with van der Waals surface area (Å²) in [4.78, 5) is 15.6. The molecule has 40 heavy (non-hydrogen) atoms. The zero-order valence-electron chi connectivity index (χ0n) is 24.4. The third-order valence-corrected chi connectivity index (χ3v) is 8.86. The fourth-order valence-corrected chi connectivity index (χ4v) is 6.80. The molecule has 0 saturated carbocycles. The van der Waals surface area contributed by atoms with E-state index < -0.39 is 0 Å². The number of aliphatic hydroxyl groups is 1. The lowest BCUT2D eigenvalue weighted by Gasteiger charge is -2.06. The summed E-state index contributed by atoms with van der Waals surface area (Å²) in [6, 6.07) is 6.16. The lowest BCUT2D eigenvalue weighted by atomic mass is 9.96. The van der Waals surface area contributed by atoms with Gasteiger partial charge >= 0.3 is 0 Å². The number of hydrogen-bond acceptors (Lipinski definition) is 4. The zero-order valence-corrected chi connectivity index (χ0v) is 24.4. The van der Waals surface area contributed by atoms with E-state index in [1.165, 1.54) is 50.8 Å². The predicted molar refractivity (Wildman–Crippen MR) is 169 cm³/mol. The largest absolute Gasteiger partial charge is 0.515 e. The molecular weight excluding hydrogens is 490 g/mol. The first-order valence-corrected chi connectivity index (χ1v) is 14.6. The molecule has 5 aliphatic rings. The number of rotatable bonds is 4. The molecule has 0 amide bonds. The molecule has 4 heteroatoms. The highest BCUT2D eigenvalue weighted by Gasteiger charge is 2.27. The second-order valence-electron chi connectivity index (χ2n) is 10.9. The number of nitrogens with zero attached hydrogens (tertiary/aromatic N) is 3. The third-order valence-electron chi connectivity index (χ3n) is 8.86. The second-order valence-corrected chi connectivity index (χ2v) is 10.9. The molecule has 1 N–H and O–H groups in total. The Labute approximate surface area is 237 Å². The number of fused-ring (bicyclic) bond motifs is 7. The lowest BCUT2D eigenvalue weighted by molar-refractivity contribution is 0.540. The molecule has 1 aromatic rings. The minimum absolute atomic E-state index is 0.769. The van der Waals surface area contributed by atoms with Gasteiger partial charge in [-0.25, -0.2) is 15.0 Å².